The van der Waals surface area contributed by atoms with Gasteiger partial charge < -0.3 is 0 Å². The molecule has 0 saturated heterocycles. The van der Waals surface area contributed by atoms with Crippen LogP contribution in [0.3, 0.4) is 0 Å². The first-order valence-electron chi connectivity index (χ1n) is 8.53. The Hall–Kier alpha value is -0.930. The minimum absolute atomic E-state index is 1.25. The van der Waals surface area contributed by atoms with E-state index in [0.29, 0.717) is 0 Å². The van der Waals surface area contributed by atoms with Crippen molar-refractivity contribution in [2.75, 3.05) is 0 Å². The van der Waals surface area contributed by atoms with E-state index in [1.54, 1.807) is 0 Å². The highest BCUT2D eigenvalue weighted by atomic mass is 127. The molecule has 0 aliphatic carbocycles. The highest BCUT2D eigenvalue weighted by Gasteiger charge is 2.14. The van der Waals surface area contributed by atoms with Gasteiger partial charge >= 0.3 is 0 Å². The van der Waals surface area contributed by atoms with Crippen LogP contribution in [-0.4, -0.2) is 0 Å². The molecule has 0 nitrogen and oxygen atoms in total. The molecule has 0 amide bonds. The second-order valence-corrected chi connectivity index (χ2v) is 9.99. The zero-order chi connectivity index (χ0) is 18.8. The van der Waals surface area contributed by atoms with E-state index in [1.807, 2.05) is 0 Å². The van der Waals surface area contributed by atoms with Gasteiger partial charge in [-0.25, -0.2) is 0 Å². The van der Waals surface area contributed by atoms with Gasteiger partial charge in [-0.2, -0.15) is 0 Å². The summed E-state index contributed by atoms with van der Waals surface area (Å²) in [6, 6.07) is 33.0. The summed E-state index contributed by atoms with van der Waals surface area (Å²) < 4.78 is 3.75. The van der Waals surface area contributed by atoms with Gasteiger partial charge in [-0.1, -0.05) is 54.6 Å². The van der Waals surface area contributed by atoms with Gasteiger partial charge in [0.05, 0.1) is 0 Å². The Kier molecular flexibility index (Phi) is 6.18. The fourth-order valence-electron chi connectivity index (χ4n) is 3.22. The second kappa shape index (κ2) is 8.61. The van der Waals surface area contributed by atoms with Crippen LogP contribution in [0.1, 0.15) is 0 Å². The van der Waals surface area contributed by atoms with Crippen LogP contribution in [-0.2, 0) is 0 Å². The lowest BCUT2D eigenvalue weighted by molar-refractivity contribution is 1.53. The molecule has 0 aliphatic rings. The van der Waals surface area contributed by atoms with Gasteiger partial charge in [-0.05, 0) is 138 Å². The zero-order valence-electron chi connectivity index (χ0n) is 14.3. The topological polar surface area (TPSA) is 0 Å². The van der Waals surface area contributed by atoms with E-state index in [2.05, 4.69) is 159 Å². The molecule has 0 saturated carbocycles. The molecule has 0 fully saturated rings. The van der Waals surface area contributed by atoms with Crippen LogP contribution in [0.25, 0.3) is 33.4 Å². The second-order valence-electron chi connectivity index (χ2n) is 6.25. The largest absolute Gasteiger partial charge is 0.0610 e. The van der Waals surface area contributed by atoms with Crippen LogP contribution in [0.5, 0.6) is 0 Å². The van der Waals surface area contributed by atoms with E-state index < -0.39 is 0 Å². The predicted octanol–water partition coefficient (Wildman–Crippen LogP) is 8.50. The van der Waals surface area contributed by atoms with Crippen LogP contribution in [0.2, 0.25) is 0 Å². The number of rotatable bonds is 3. The van der Waals surface area contributed by atoms with Crippen LogP contribution < -0.4 is 0 Å². The van der Waals surface area contributed by atoms with Gasteiger partial charge in [0.2, 0.25) is 0 Å². The van der Waals surface area contributed by atoms with E-state index >= 15 is 0 Å². The van der Waals surface area contributed by atoms with Crippen LogP contribution in [0, 0.1) is 10.7 Å². The van der Waals surface area contributed by atoms with Crippen LogP contribution in [0.15, 0.2) is 91.0 Å². The van der Waals surface area contributed by atoms with Crippen molar-refractivity contribution < 1.29 is 0 Å². The van der Waals surface area contributed by atoms with Gasteiger partial charge in [0.15, 0.2) is 0 Å². The molecule has 0 radical (unpaired) electrons. The monoisotopic (exact) mass is 684 g/mol. The van der Waals surface area contributed by atoms with E-state index in [4.69, 9.17) is 0 Å². The lowest BCUT2D eigenvalue weighted by atomic mass is 9.88. The number of benzene rings is 4. The van der Waals surface area contributed by atoms with E-state index in [9.17, 15) is 0 Å². The zero-order valence-corrected chi connectivity index (χ0v) is 20.8. The Labute approximate surface area is 200 Å². The summed E-state index contributed by atoms with van der Waals surface area (Å²) in [5.41, 5.74) is 7.56. The summed E-state index contributed by atoms with van der Waals surface area (Å²) in [5.74, 6) is 0. The quantitative estimate of drug-likeness (QED) is 0.190. The standard InChI is InChI=1S/C24H15I3/c25-19-10-4-16(5-11-19)22-2-1-3-23(17-6-12-20(26)13-7-17)24(22)18-8-14-21(27)15-9-18/h1-15H. The lowest BCUT2D eigenvalue weighted by Crippen LogP contribution is -1.91. The SMILES string of the molecule is Ic1ccc(-c2cccc(-c3ccc(I)cc3)c2-c2ccc(I)cc2)cc1. The normalized spacial score (nSPS) is 10.8. The predicted molar refractivity (Wildman–Crippen MR) is 141 cm³/mol. The third-order valence-corrected chi connectivity index (χ3v) is 6.67. The third-order valence-electron chi connectivity index (χ3n) is 4.51. The molecule has 4 aromatic rings. The Balaban J connectivity index is 1.99. The minimum Gasteiger partial charge on any atom is -0.0610 e. The Morgan fingerprint density at radius 2 is 0.704 bits per heavy atom. The number of hydrogen-bond acceptors (Lipinski definition) is 0. The first-order chi connectivity index (χ1) is 13.1. The maximum Gasteiger partial charge on any atom is 0.0130 e. The number of halogens is 3. The highest BCUT2D eigenvalue weighted by Crippen LogP contribution is 2.40. The van der Waals surface area contributed by atoms with Crippen molar-refractivity contribution in [2.24, 2.45) is 0 Å². The molecule has 0 bridgehead atoms. The smallest absolute Gasteiger partial charge is 0.0130 e. The highest BCUT2D eigenvalue weighted by molar-refractivity contribution is 14.1. The molecule has 4 aromatic carbocycles. The Morgan fingerprint density at radius 3 is 1.07 bits per heavy atom. The first kappa shape index (κ1) is 19.4. The summed E-state index contributed by atoms with van der Waals surface area (Å²) in [4.78, 5) is 0. The average molecular weight is 684 g/mol. The van der Waals surface area contributed by atoms with Crippen molar-refractivity contribution in [3.8, 4) is 33.4 Å². The van der Waals surface area contributed by atoms with Gasteiger partial charge in [-0.3, -0.25) is 0 Å². The molecule has 0 N–H and O–H groups in total. The number of hydrogen-bond donors (Lipinski definition) is 0. The van der Waals surface area contributed by atoms with Gasteiger partial charge in [0.25, 0.3) is 0 Å². The molecule has 3 heteroatoms. The van der Waals surface area contributed by atoms with Gasteiger partial charge in [0, 0.05) is 10.7 Å². The third kappa shape index (κ3) is 4.40. The molecule has 0 atom stereocenters. The van der Waals surface area contributed by atoms with Crippen molar-refractivity contribution in [3.63, 3.8) is 0 Å². The van der Waals surface area contributed by atoms with Crippen molar-refractivity contribution in [3.05, 3.63) is 102 Å². The molecule has 4 rings (SSSR count). The minimum atomic E-state index is 1.25. The average Bonchev–Trinajstić information content (AvgIpc) is 2.69. The Morgan fingerprint density at radius 1 is 0.370 bits per heavy atom. The van der Waals surface area contributed by atoms with E-state index in [1.165, 1.54) is 44.1 Å². The molecule has 0 unspecified atom stereocenters. The molecule has 132 valence electrons. The maximum atomic E-state index is 2.36. The summed E-state index contributed by atoms with van der Waals surface area (Å²) in [6.07, 6.45) is 0. The van der Waals surface area contributed by atoms with E-state index in [-0.39, 0.29) is 0 Å². The Bertz CT molecular complexity index is 1000. The fraction of sp³-hybridized carbons (Fsp3) is 0. The summed E-state index contributed by atoms with van der Waals surface area (Å²) in [7, 11) is 0. The molecule has 0 spiro atoms. The first-order valence-corrected chi connectivity index (χ1v) is 11.8. The van der Waals surface area contributed by atoms with Crippen molar-refractivity contribution in [2.45, 2.75) is 0 Å². The lowest BCUT2D eigenvalue weighted by Gasteiger charge is -2.16. The fourth-order valence-corrected chi connectivity index (χ4v) is 4.30. The van der Waals surface area contributed by atoms with Gasteiger partial charge in [-0.15, -0.1) is 0 Å². The molecular formula is C24H15I3. The van der Waals surface area contributed by atoms with Crippen molar-refractivity contribution >= 4 is 67.8 Å². The summed E-state index contributed by atoms with van der Waals surface area (Å²) in [6.45, 7) is 0. The van der Waals surface area contributed by atoms with Crippen LogP contribution in [0.4, 0.5) is 0 Å². The van der Waals surface area contributed by atoms with Gasteiger partial charge in [0.1, 0.15) is 0 Å². The summed E-state index contributed by atoms with van der Waals surface area (Å²) >= 11 is 7.08. The molecule has 0 aromatic heterocycles. The van der Waals surface area contributed by atoms with E-state index in [0.717, 1.165) is 0 Å². The maximum absolute atomic E-state index is 2.36. The van der Waals surface area contributed by atoms with Crippen molar-refractivity contribution in [1.82, 2.24) is 0 Å². The molecular weight excluding hydrogens is 669 g/mol. The summed E-state index contributed by atoms with van der Waals surface area (Å²) in [5, 5.41) is 0. The molecule has 0 aliphatic heterocycles. The molecule has 27 heavy (non-hydrogen) atoms. The molecule has 0 heterocycles. The van der Waals surface area contributed by atoms with Crippen LogP contribution >= 0.6 is 67.8 Å². The van der Waals surface area contributed by atoms with Crippen molar-refractivity contribution in [1.29, 1.82) is 0 Å².